The molecule has 16 heavy (non-hydrogen) atoms. The van der Waals surface area contributed by atoms with Crippen molar-refractivity contribution >= 4 is 0 Å². The number of nitrogens with one attached hydrogen (secondary N) is 1. The average molecular weight is 221 g/mol. The Kier molecular flexibility index (Phi) is 5.33. The summed E-state index contributed by atoms with van der Waals surface area (Å²) in [6.07, 6.45) is 1.25. The van der Waals surface area contributed by atoms with E-state index < -0.39 is 0 Å². The second-order valence-electron chi connectivity index (χ2n) is 4.42. The number of aryl methyl sites for hydroxylation is 1. The molecule has 0 radical (unpaired) electrons. The summed E-state index contributed by atoms with van der Waals surface area (Å²) in [7, 11) is 1.96. The fourth-order valence-corrected chi connectivity index (χ4v) is 1.69. The lowest BCUT2D eigenvalue weighted by Crippen LogP contribution is -2.33. The van der Waals surface area contributed by atoms with Crippen molar-refractivity contribution in [1.82, 2.24) is 5.32 Å². The third-order valence-electron chi connectivity index (χ3n) is 2.78. The van der Waals surface area contributed by atoms with Crippen molar-refractivity contribution in [3.8, 4) is 5.75 Å². The third kappa shape index (κ3) is 3.53. The highest BCUT2D eigenvalue weighted by molar-refractivity contribution is 5.33. The SMILES string of the molecule is CCc1ccccc1OC(CNC)C(C)C. The van der Waals surface area contributed by atoms with Crippen molar-refractivity contribution in [1.29, 1.82) is 0 Å². The molecule has 0 heterocycles. The molecule has 1 atom stereocenters. The van der Waals surface area contributed by atoms with E-state index in [-0.39, 0.29) is 6.10 Å². The first-order valence-corrected chi connectivity index (χ1v) is 6.08. The molecular weight excluding hydrogens is 198 g/mol. The first kappa shape index (κ1) is 13.0. The molecule has 1 aromatic rings. The van der Waals surface area contributed by atoms with Crippen LogP contribution in [0.3, 0.4) is 0 Å². The molecule has 2 heteroatoms. The lowest BCUT2D eigenvalue weighted by molar-refractivity contribution is 0.150. The smallest absolute Gasteiger partial charge is 0.122 e. The lowest BCUT2D eigenvalue weighted by atomic mass is 10.1. The highest BCUT2D eigenvalue weighted by atomic mass is 16.5. The Balaban J connectivity index is 2.76. The number of likely N-dealkylation sites (N-methyl/N-ethyl adjacent to an activating group) is 1. The van der Waals surface area contributed by atoms with Crippen molar-refractivity contribution in [2.45, 2.75) is 33.3 Å². The van der Waals surface area contributed by atoms with Gasteiger partial charge in [-0.3, -0.25) is 0 Å². The molecule has 1 unspecified atom stereocenters. The maximum Gasteiger partial charge on any atom is 0.122 e. The van der Waals surface area contributed by atoms with Gasteiger partial charge in [0, 0.05) is 6.54 Å². The highest BCUT2D eigenvalue weighted by Crippen LogP contribution is 2.21. The number of hydrogen-bond acceptors (Lipinski definition) is 2. The van der Waals surface area contributed by atoms with Crippen LogP contribution in [0.4, 0.5) is 0 Å². The van der Waals surface area contributed by atoms with Crippen LogP contribution in [0.25, 0.3) is 0 Å². The summed E-state index contributed by atoms with van der Waals surface area (Å²) in [6, 6.07) is 8.29. The fraction of sp³-hybridized carbons (Fsp3) is 0.571. The number of ether oxygens (including phenoxy) is 1. The van der Waals surface area contributed by atoms with Gasteiger partial charge in [-0.2, -0.15) is 0 Å². The number of hydrogen-bond donors (Lipinski definition) is 1. The van der Waals surface area contributed by atoms with Crippen LogP contribution in [0, 0.1) is 5.92 Å². The molecule has 0 aromatic heterocycles. The van der Waals surface area contributed by atoms with Crippen LogP contribution in [0.1, 0.15) is 26.3 Å². The predicted octanol–water partition coefficient (Wildman–Crippen LogP) is 2.87. The standard InChI is InChI=1S/C14H23NO/c1-5-12-8-6-7-9-13(12)16-14(10-15-4)11(2)3/h6-9,11,14-15H,5,10H2,1-4H3. The topological polar surface area (TPSA) is 21.3 Å². The molecule has 90 valence electrons. The van der Waals surface area contributed by atoms with Gasteiger partial charge in [0.25, 0.3) is 0 Å². The Morgan fingerprint density at radius 1 is 1.25 bits per heavy atom. The molecule has 1 N–H and O–H groups in total. The van der Waals surface area contributed by atoms with E-state index in [0.29, 0.717) is 5.92 Å². The Labute approximate surface area is 99.0 Å². The summed E-state index contributed by atoms with van der Waals surface area (Å²) in [4.78, 5) is 0. The molecule has 0 amide bonds. The van der Waals surface area contributed by atoms with Crippen LogP contribution < -0.4 is 10.1 Å². The van der Waals surface area contributed by atoms with E-state index >= 15 is 0 Å². The van der Waals surface area contributed by atoms with Gasteiger partial charge in [0.2, 0.25) is 0 Å². The quantitative estimate of drug-likeness (QED) is 0.797. The van der Waals surface area contributed by atoms with Crippen molar-refractivity contribution in [3.05, 3.63) is 29.8 Å². The van der Waals surface area contributed by atoms with Gasteiger partial charge < -0.3 is 10.1 Å². The largest absolute Gasteiger partial charge is 0.489 e. The van der Waals surface area contributed by atoms with Crippen LogP contribution in [0.2, 0.25) is 0 Å². The Hall–Kier alpha value is -1.02. The number of benzene rings is 1. The fourth-order valence-electron chi connectivity index (χ4n) is 1.69. The average Bonchev–Trinajstić information content (AvgIpc) is 2.29. The van der Waals surface area contributed by atoms with Gasteiger partial charge in [-0.05, 0) is 31.0 Å². The van der Waals surface area contributed by atoms with E-state index in [1.54, 1.807) is 0 Å². The van der Waals surface area contributed by atoms with Crippen molar-refractivity contribution in [2.75, 3.05) is 13.6 Å². The summed E-state index contributed by atoms with van der Waals surface area (Å²) >= 11 is 0. The minimum Gasteiger partial charge on any atom is -0.489 e. The minimum atomic E-state index is 0.234. The van der Waals surface area contributed by atoms with Gasteiger partial charge in [-0.1, -0.05) is 39.0 Å². The second kappa shape index (κ2) is 6.54. The molecular formula is C14H23NO. The molecule has 0 saturated carbocycles. The van der Waals surface area contributed by atoms with E-state index in [2.05, 4.69) is 44.3 Å². The van der Waals surface area contributed by atoms with Gasteiger partial charge in [0.15, 0.2) is 0 Å². The third-order valence-corrected chi connectivity index (χ3v) is 2.78. The first-order chi connectivity index (χ1) is 7.69. The molecule has 2 nitrogen and oxygen atoms in total. The zero-order valence-electron chi connectivity index (χ0n) is 10.8. The van der Waals surface area contributed by atoms with Gasteiger partial charge in [0.1, 0.15) is 11.9 Å². The van der Waals surface area contributed by atoms with Crippen LogP contribution in [0.15, 0.2) is 24.3 Å². The van der Waals surface area contributed by atoms with E-state index in [4.69, 9.17) is 4.74 Å². The van der Waals surface area contributed by atoms with Crippen LogP contribution in [-0.2, 0) is 6.42 Å². The monoisotopic (exact) mass is 221 g/mol. The summed E-state index contributed by atoms with van der Waals surface area (Å²) in [5.41, 5.74) is 1.28. The Bertz CT molecular complexity index is 309. The Morgan fingerprint density at radius 2 is 1.94 bits per heavy atom. The van der Waals surface area contributed by atoms with E-state index in [0.717, 1.165) is 18.7 Å². The summed E-state index contributed by atoms with van der Waals surface area (Å²) < 4.78 is 6.08. The van der Waals surface area contributed by atoms with Crippen LogP contribution in [-0.4, -0.2) is 19.7 Å². The Morgan fingerprint density at radius 3 is 2.50 bits per heavy atom. The van der Waals surface area contributed by atoms with E-state index in [1.165, 1.54) is 5.56 Å². The van der Waals surface area contributed by atoms with Crippen LogP contribution >= 0.6 is 0 Å². The summed E-state index contributed by atoms with van der Waals surface area (Å²) in [5, 5.41) is 3.18. The molecule has 0 aliphatic heterocycles. The summed E-state index contributed by atoms with van der Waals surface area (Å²) in [5.74, 6) is 1.54. The minimum absolute atomic E-state index is 0.234. The van der Waals surface area contributed by atoms with Crippen LogP contribution in [0.5, 0.6) is 5.75 Å². The van der Waals surface area contributed by atoms with Gasteiger partial charge in [-0.25, -0.2) is 0 Å². The van der Waals surface area contributed by atoms with E-state index in [1.807, 2.05) is 13.1 Å². The highest BCUT2D eigenvalue weighted by Gasteiger charge is 2.15. The van der Waals surface area contributed by atoms with Crippen molar-refractivity contribution in [2.24, 2.45) is 5.92 Å². The maximum absolute atomic E-state index is 6.08. The van der Waals surface area contributed by atoms with Gasteiger partial charge in [-0.15, -0.1) is 0 Å². The second-order valence-corrected chi connectivity index (χ2v) is 4.42. The normalized spacial score (nSPS) is 12.8. The van der Waals surface area contributed by atoms with Gasteiger partial charge >= 0.3 is 0 Å². The zero-order valence-corrected chi connectivity index (χ0v) is 10.8. The molecule has 0 aliphatic carbocycles. The molecule has 1 aromatic carbocycles. The molecule has 1 rings (SSSR count). The molecule has 0 spiro atoms. The molecule has 0 saturated heterocycles. The molecule has 0 bridgehead atoms. The molecule has 0 fully saturated rings. The van der Waals surface area contributed by atoms with Crippen molar-refractivity contribution in [3.63, 3.8) is 0 Å². The van der Waals surface area contributed by atoms with Crippen molar-refractivity contribution < 1.29 is 4.74 Å². The first-order valence-electron chi connectivity index (χ1n) is 6.08. The number of rotatable bonds is 6. The van der Waals surface area contributed by atoms with E-state index in [9.17, 15) is 0 Å². The number of para-hydroxylation sites is 1. The molecule has 0 aliphatic rings. The maximum atomic E-state index is 6.08. The predicted molar refractivity (Wildman–Crippen MR) is 69.0 cm³/mol. The summed E-state index contributed by atoms with van der Waals surface area (Å²) in [6.45, 7) is 7.42. The zero-order chi connectivity index (χ0) is 12.0. The van der Waals surface area contributed by atoms with Gasteiger partial charge in [0.05, 0.1) is 0 Å². The lowest BCUT2D eigenvalue weighted by Gasteiger charge is -2.23.